The summed E-state index contributed by atoms with van der Waals surface area (Å²) < 4.78 is 5.22. The number of anilines is 2. The van der Waals surface area contributed by atoms with Crippen LogP contribution in [0.2, 0.25) is 5.02 Å². The summed E-state index contributed by atoms with van der Waals surface area (Å²) in [7, 11) is 1.82. The number of aliphatic hydroxyl groups is 1. The highest BCUT2D eigenvalue weighted by Gasteiger charge is 2.26. The quantitative estimate of drug-likeness (QED) is 0.0683. The average Bonchev–Trinajstić information content (AvgIpc) is 3.91. The Balaban J connectivity index is 0.000000194. The molecule has 3 N–H and O–H groups in total. The van der Waals surface area contributed by atoms with Crippen LogP contribution in [0.4, 0.5) is 11.6 Å². The first-order valence-corrected chi connectivity index (χ1v) is 24.9. The number of thioether (sulfide) groups is 1. The SMILES string of the molecule is CC(CCC(=O)NC=O)n1c(=O)n(C)c2cc(C3CCN(CC4CCCCC4)CC3)ccc21.Cc1cc(SC(C)(C)CCO)ccc1Nc1ncc2cc(Cl)c(=O)n(C3CCCC3)c2n1. The molecule has 350 valence electrons. The Kier molecular flexibility index (Phi) is 16.3. The summed E-state index contributed by atoms with van der Waals surface area (Å²) >= 11 is 7.97. The monoisotopic (exact) mass is 926 g/mol. The number of aromatic nitrogens is 5. The summed E-state index contributed by atoms with van der Waals surface area (Å²) in [5.74, 6) is 1.57. The lowest BCUT2D eigenvalue weighted by atomic mass is 9.86. The molecule has 1 unspecified atom stereocenters. The number of nitrogens with one attached hydrogen (secondary N) is 2. The molecular weight excluding hydrogens is 860 g/mol. The molecule has 1 saturated heterocycles. The molecule has 13 nitrogen and oxygen atoms in total. The summed E-state index contributed by atoms with van der Waals surface area (Å²) in [6.45, 7) is 12.0. The van der Waals surface area contributed by atoms with Gasteiger partial charge in [-0.3, -0.25) is 33.4 Å². The molecule has 5 aromatic rings. The second kappa shape index (κ2) is 21.9. The number of benzene rings is 2. The van der Waals surface area contributed by atoms with Crippen molar-refractivity contribution in [1.29, 1.82) is 0 Å². The lowest BCUT2D eigenvalue weighted by molar-refractivity contribution is -0.125. The Labute approximate surface area is 391 Å². The number of hydrogen-bond donors (Lipinski definition) is 3. The summed E-state index contributed by atoms with van der Waals surface area (Å²) in [5.41, 5.74) is 5.55. The van der Waals surface area contributed by atoms with Crippen molar-refractivity contribution in [3.05, 3.63) is 85.6 Å². The maximum atomic E-state index is 13.0. The highest BCUT2D eigenvalue weighted by molar-refractivity contribution is 8.00. The van der Waals surface area contributed by atoms with Gasteiger partial charge in [-0.1, -0.05) is 63.6 Å². The molecule has 3 fully saturated rings. The third-order valence-electron chi connectivity index (χ3n) is 13.8. The van der Waals surface area contributed by atoms with E-state index in [0.717, 1.165) is 70.6 Å². The first kappa shape index (κ1) is 48.4. The van der Waals surface area contributed by atoms with Crippen LogP contribution >= 0.6 is 23.4 Å². The zero-order valence-electron chi connectivity index (χ0n) is 38.8. The topological polar surface area (TPSA) is 156 Å². The number of nitrogens with zero attached hydrogens (tertiary/aromatic N) is 6. The van der Waals surface area contributed by atoms with Crippen LogP contribution in [0, 0.1) is 12.8 Å². The van der Waals surface area contributed by atoms with E-state index in [4.69, 9.17) is 16.6 Å². The Morgan fingerprint density at radius 3 is 2.40 bits per heavy atom. The largest absolute Gasteiger partial charge is 0.396 e. The molecule has 1 atom stereocenters. The maximum absolute atomic E-state index is 13.0. The molecule has 1 aliphatic heterocycles. The number of hydrogen-bond acceptors (Lipinski definition) is 10. The van der Waals surface area contributed by atoms with Crippen LogP contribution in [-0.4, -0.2) is 77.0 Å². The van der Waals surface area contributed by atoms with Gasteiger partial charge in [-0.05, 0) is 138 Å². The van der Waals surface area contributed by atoms with Gasteiger partial charge >= 0.3 is 5.69 Å². The highest BCUT2D eigenvalue weighted by Crippen LogP contribution is 2.37. The number of fused-ring (bicyclic) bond motifs is 2. The van der Waals surface area contributed by atoms with Crippen molar-refractivity contribution < 1.29 is 14.7 Å². The standard InChI is InChI=1S/C26H38N4O3.C24H29ClN4O2S/c1-19(8-11-25(32)27-18-31)30-23-10-9-22(16-24(23)28(2)26(30)33)21-12-14-29(15-13-21)17-20-6-4-3-5-7-20;1-15-12-18(32-24(2,3)10-11-30)8-9-20(15)27-23-26-14-16-13-19(25)22(31)29(21(16)28-23)17-6-4-5-7-17/h9-10,16,18-21H,3-8,11-15,17H2,1-2H3,(H,27,31,32);8-9,12-14,17,30H,4-7,10-11H2,1-3H3,(H,26,27,28). The predicted molar refractivity (Wildman–Crippen MR) is 263 cm³/mol. The molecule has 2 aromatic carbocycles. The second-order valence-electron chi connectivity index (χ2n) is 19.1. The summed E-state index contributed by atoms with van der Waals surface area (Å²) in [6, 6.07) is 14.3. The van der Waals surface area contributed by atoms with Crippen LogP contribution < -0.4 is 21.9 Å². The molecule has 0 radical (unpaired) electrons. The van der Waals surface area contributed by atoms with Crippen LogP contribution in [-0.2, 0) is 16.6 Å². The number of halogens is 1. The lowest BCUT2D eigenvalue weighted by Crippen LogP contribution is -2.37. The molecular formula is C50H67ClN8O5S. The van der Waals surface area contributed by atoms with Gasteiger partial charge in [-0.15, -0.1) is 11.8 Å². The van der Waals surface area contributed by atoms with Gasteiger partial charge in [0.05, 0.1) is 11.0 Å². The summed E-state index contributed by atoms with van der Waals surface area (Å²) in [4.78, 5) is 60.9. The number of carbonyl (C=O) groups is 2. The molecule has 65 heavy (non-hydrogen) atoms. The van der Waals surface area contributed by atoms with E-state index in [9.17, 15) is 24.3 Å². The van der Waals surface area contributed by atoms with Gasteiger partial charge in [0.25, 0.3) is 5.56 Å². The fraction of sp³-hybridized carbons (Fsp3) is 0.560. The molecule has 3 aromatic heterocycles. The molecule has 3 aliphatic rings. The minimum absolute atomic E-state index is 0.0389. The third-order valence-corrected chi connectivity index (χ3v) is 15.4. The molecule has 2 aliphatic carbocycles. The van der Waals surface area contributed by atoms with Crippen molar-refractivity contribution in [2.24, 2.45) is 13.0 Å². The van der Waals surface area contributed by atoms with Gasteiger partial charge in [0.1, 0.15) is 10.7 Å². The molecule has 8 rings (SSSR count). The van der Waals surface area contributed by atoms with Crippen molar-refractivity contribution in [2.45, 2.75) is 145 Å². The van der Waals surface area contributed by atoms with Gasteiger partial charge in [-0.2, -0.15) is 4.98 Å². The van der Waals surface area contributed by atoms with E-state index < -0.39 is 0 Å². The Bertz CT molecular complexity index is 2570. The smallest absolute Gasteiger partial charge is 0.329 e. The van der Waals surface area contributed by atoms with E-state index >= 15 is 0 Å². The first-order valence-electron chi connectivity index (χ1n) is 23.7. The van der Waals surface area contributed by atoms with Crippen molar-refractivity contribution in [1.82, 2.24) is 33.9 Å². The fourth-order valence-corrected chi connectivity index (χ4v) is 11.5. The third kappa shape index (κ3) is 11.9. The molecule has 2 saturated carbocycles. The Morgan fingerprint density at radius 2 is 1.71 bits per heavy atom. The minimum atomic E-state index is -0.317. The summed E-state index contributed by atoms with van der Waals surface area (Å²) in [6.07, 6.45) is 17.1. The zero-order valence-corrected chi connectivity index (χ0v) is 40.4. The first-order chi connectivity index (χ1) is 31.2. The summed E-state index contributed by atoms with van der Waals surface area (Å²) in [5, 5.41) is 15.7. The highest BCUT2D eigenvalue weighted by atomic mass is 35.5. The molecule has 4 heterocycles. The average molecular weight is 928 g/mol. The normalized spacial score (nSPS) is 17.3. The number of carbonyl (C=O) groups excluding carboxylic acids is 2. The van der Waals surface area contributed by atoms with Gasteiger partial charge in [0.15, 0.2) is 0 Å². The second-order valence-corrected chi connectivity index (χ2v) is 21.3. The number of pyridine rings is 1. The van der Waals surface area contributed by atoms with E-state index in [-0.39, 0.29) is 52.0 Å². The van der Waals surface area contributed by atoms with E-state index in [2.05, 4.69) is 64.7 Å². The Hall–Kier alpha value is -4.50. The van der Waals surface area contributed by atoms with Crippen molar-refractivity contribution >= 4 is 69.4 Å². The fourth-order valence-electron chi connectivity index (χ4n) is 10.1. The van der Waals surface area contributed by atoms with Gasteiger partial charge in [0, 0.05) is 65.6 Å². The van der Waals surface area contributed by atoms with Crippen LogP contribution in [0.1, 0.15) is 140 Å². The van der Waals surface area contributed by atoms with Gasteiger partial charge < -0.3 is 15.3 Å². The number of imidazole rings is 1. The Morgan fingerprint density at radius 1 is 0.985 bits per heavy atom. The van der Waals surface area contributed by atoms with Crippen LogP contribution in [0.3, 0.4) is 0 Å². The van der Waals surface area contributed by atoms with Gasteiger partial charge in [-0.25, -0.2) is 9.78 Å². The maximum Gasteiger partial charge on any atom is 0.329 e. The molecule has 0 bridgehead atoms. The number of amides is 2. The number of likely N-dealkylation sites (tertiary alicyclic amines) is 1. The lowest BCUT2D eigenvalue weighted by Gasteiger charge is -2.35. The van der Waals surface area contributed by atoms with E-state index in [1.165, 1.54) is 70.1 Å². The predicted octanol–water partition coefficient (Wildman–Crippen LogP) is 9.58. The van der Waals surface area contributed by atoms with Crippen LogP contribution in [0.15, 0.2) is 63.1 Å². The molecule has 2 amide bonds. The van der Waals surface area contributed by atoms with Crippen molar-refractivity contribution in [3.63, 3.8) is 0 Å². The van der Waals surface area contributed by atoms with E-state index in [1.54, 1.807) is 37.7 Å². The number of rotatable bonds is 15. The van der Waals surface area contributed by atoms with Crippen LogP contribution in [0.25, 0.3) is 22.1 Å². The number of aryl methyl sites for hydroxylation is 2. The van der Waals surface area contributed by atoms with E-state index in [1.807, 2.05) is 27.0 Å². The van der Waals surface area contributed by atoms with E-state index in [0.29, 0.717) is 30.3 Å². The minimum Gasteiger partial charge on any atom is -0.396 e. The van der Waals surface area contributed by atoms with Crippen molar-refractivity contribution in [3.8, 4) is 0 Å². The molecule has 15 heteroatoms. The number of piperidine rings is 1. The zero-order chi connectivity index (χ0) is 46.3. The van der Waals surface area contributed by atoms with Gasteiger partial charge in [0.2, 0.25) is 18.3 Å². The molecule has 0 spiro atoms. The van der Waals surface area contributed by atoms with Crippen LogP contribution in [0.5, 0.6) is 0 Å². The van der Waals surface area contributed by atoms with Crippen molar-refractivity contribution in [2.75, 3.05) is 31.6 Å². The number of aliphatic hydroxyl groups excluding tert-OH is 1. The number of imide groups is 1.